The van der Waals surface area contributed by atoms with Crippen LogP contribution in [0, 0.1) is 13.8 Å². The maximum atomic E-state index is 3.71. The van der Waals surface area contributed by atoms with Gasteiger partial charge in [0.25, 0.3) is 0 Å². The predicted octanol–water partition coefficient (Wildman–Crippen LogP) is 5.67. The zero-order valence-electron chi connectivity index (χ0n) is 12.8. The van der Waals surface area contributed by atoms with E-state index >= 15 is 0 Å². The van der Waals surface area contributed by atoms with E-state index in [2.05, 4.69) is 61.8 Å². The molecule has 2 heterocycles. The highest BCUT2D eigenvalue weighted by Gasteiger charge is 2.17. The summed E-state index contributed by atoms with van der Waals surface area (Å²) >= 11 is 3.75. The summed E-state index contributed by atoms with van der Waals surface area (Å²) in [6, 6.07) is 11.7. The molecule has 1 nitrogen and oxygen atoms in total. The van der Waals surface area contributed by atoms with E-state index in [1.165, 1.54) is 31.0 Å². The lowest BCUT2D eigenvalue weighted by atomic mass is 10.00. The van der Waals surface area contributed by atoms with Gasteiger partial charge in [0.15, 0.2) is 0 Å². The van der Waals surface area contributed by atoms with Crippen molar-refractivity contribution in [1.29, 1.82) is 0 Å². The van der Waals surface area contributed by atoms with E-state index in [0.717, 1.165) is 13.0 Å². The van der Waals surface area contributed by atoms with Gasteiger partial charge in [0, 0.05) is 14.3 Å². The van der Waals surface area contributed by atoms with Crippen LogP contribution in [0.25, 0.3) is 9.40 Å². The maximum Gasteiger partial charge on any atom is 0.0671 e. The third-order valence-corrected chi connectivity index (χ3v) is 6.06. The fraction of sp³-hybridized carbons (Fsp3) is 0.333. The number of thiophene rings is 2. The summed E-state index contributed by atoms with van der Waals surface area (Å²) < 4.78 is 2.81. The highest BCUT2D eigenvalue weighted by molar-refractivity contribution is 7.27. The summed E-state index contributed by atoms with van der Waals surface area (Å²) in [5.74, 6) is 0. The van der Waals surface area contributed by atoms with Crippen LogP contribution in [0.4, 0.5) is 0 Å². The molecule has 2 aromatic heterocycles. The summed E-state index contributed by atoms with van der Waals surface area (Å²) in [5, 5.41) is 5.89. The Morgan fingerprint density at radius 3 is 2.62 bits per heavy atom. The molecule has 3 heteroatoms. The van der Waals surface area contributed by atoms with E-state index in [1.54, 1.807) is 0 Å². The van der Waals surface area contributed by atoms with Gasteiger partial charge in [-0.05, 0) is 61.0 Å². The summed E-state index contributed by atoms with van der Waals surface area (Å²) in [6.45, 7) is 7.64. The van der Waals surface area contributed by atoms with Gasteiger partial charge in [-0.3, -0.25) is 0 Å². The first-order valence-corrected chi connectivity index (χ1v) is 9.16. The Hall–Kier alpha value is -1.16. The van der Waals surface area contributed by atoms with Crippen LogP contribution in [0.5, 0.6) is 0 Å². The molecule has 0 aliphatic heterocycles. The molecule has 3 aromatic rings. The topological polar surface area (TPSA) is 12.0 Å². The SMILES string of the molecule is CCCNC(c1ccc(C)c(C)c1)c1cc2sccc2s1. The quantitative estimate of drug-likeness (QED) is 0.640. The largest absolute Gasteiger partial charge is 0.306 e. The van der Waals surface area contributed by atoms with Gasteiger partial charge in [-0.1, -0.05) is 25.1 Å². The van der Waals surface area contributed by atoms with E-state index in [4.69, 9.17) is 0 Å². The van der Waals surface area contributed by atoms with Crippen molar-refractivity contribution in [1.82, 2.24) is 5.32 Å². The molecule has 0 aliphatic carbocycles. The summed E-state index contributed by atoms with van der Waals surface area (Å²) in [6.07, 6.45) is 1.15. The Balaban J connectivity index is 1.99. The Labute approximate surface area is 134 Å². The third kappa shape index (κ3) is 3.05. The minimum absolute atomic E-state index is 0.314. The number of fused-ring (bicyclic) bond motifs is 1. The molecule has 21 heavy (non-hydrogen) atoms. The number of benzene rings is 1. The van der Waals surface area contributed by atoms with Crippen LogP contribution in [0.15, 0.2) is 35.7 Å². The highest BCUT2D eigenvalue weighted by atomic mass is 32.1. The zero-order valence-corrected chi connectivity index (χ0v) is 14.4. The molecule has 0 fully saturated rings. The second-order valence-corrected chi connectivity index (χ2v) is 7.59. The van der Waals surface area contributed by atoms with Crippen molar-refractivity contribution in [3.63, 3.8) is 0 Å². The first-order valence-electron chi connectivity index (χ1n) is 7.46. The Kier molecular flexibility index (Phi) is 4.43. The fourth-order valence-corrected chi connectivity index (χ4v) is 4.77. The number of aryl methyl sites for hydroxylation is 2. The van der Waals surface area contributed by atoms with Crippen molar-refractivity contribution in [2.24, 2.45) is 0 Å². The van der Waals surface area contributed by atoms with Crippen molar-refractivity contribution in [2.75, 3.05) is 6.54 Å². The molecule has 1 unspecified atom stereocenters. The van der Waals surface area contributed by atoms with E-state index < -0.39 is 0 Å². The van der Waals surface area contributed by atoms with Gasteiger partial charge in [0.05, 0.1) is 6.04 Å². The molecule has 0 saturated carbocycles. The predicted molar refractivity (Wildman–Crippen MR) is 95.8 cm³/mol. The van der Waals surface area contributed by atoms with Crippen LogP contribution in [-0.2, 0) is 0 Å². The lowest BCUT2D eigenvalue weighted by Gasteiger charge is -2.19. The molecule has 1 aromatic carbocycles. The smallest absolute Gasteiger partial charge is 0.0671 e. The van der Waals surface area contributed by atoms with Crippen molar-refractivity contribution >= 4 is 32.1 Å². The van der Waals surface area contributed by atoms with Crippen LogP contribution < -0.4 is 5.32 Å². The van der Waals surface area contributed by atoms with Crippen molar-refractivity contribution in [3.05, 3.63) is 57.3 Å². The first-order chi connectivity index (χ1) is 10.2. The Morgan fingerprint density at radius 2 is 1.90 bits per heavy atom. The van der Waals surface area contributed by atoms with Gasteiger partial charge in [0.2, 0.25) is 0 Å². The molecule has 0 bridgehead atoms. The standard InChI is InChI=1S/C18H21NS2/c1-4-8-19-18(14-6-5-12(2)13(3)10-14)17-11-16-15(21-17)7-9-20-16/h5-7,9-11,18-19H,4,8H2,1-3H3. The van der Waals surface area contributed by atoms with Crippen LogP contribution in [-0.4, -0.2) is 6.54 Å². The van der Waals surface area contributed by atoms with Gasteiger partial charge in [-0.25, -0.2) is 0 Å². The first kappa shape index (κ1) is 14.8. The average Bonchev–Trinajstić information content (AvgIpc) is 3.04. The van der Waals surface area contributed by atoms with Crippen LogP contribution >= 0.6 is 22.7 Å². The lowest BCUT2D eigenvalue weighted by molar-refractivity contribution is 0.606. The third-order valence-electron chi connectivity index (χ3n) is 3.91. The number of nitrogens with one attached hydrogen (secondary N) is 1. The van der Waals surface area contributed by atoms with E-state index in [-0.39, 0.29) is 0 Å². The van der Waals surface area contributed by atoms with Gasteiger partial charge in [0.1, 0.15) is 0 Å². The van der Waals surface area contributed by atoms with Gasteiger partial charge in [-0.2, -0.15) is 0 Å². The molecule has 0 radical (unpaired) electrons. The van der Waals surface area contributed by atoms with Crippen LogP contribution in [0.2, 0.25) is 0 Å². The van der Waals surface area contributed by atoms with Crippen LogP contribution in [0.3, 0.4) is 0 Å². The number of rotatable bonds is 5. The molecular formula is C18H21NS2. The average molecular weight is 316 g/mol. The van der Waals surface area contributed by atoms with Crippen molar-refractivity contribution in [2.45, 2.75) is 33.2 Å². The van der Waals surface area contributed by atoms with E-state index in [9.17, 15) is 0 Å². The Morgan fingerprint density at radius 1 is 1.05 bits per heavy atom. The highest BCUT2D eigenvalue weighted by Crippen LogP contribution is 2.36. The monoisotopic (exact) mass is 315 g/mol. The van der Waals surface area contributed by atoms with Gasteiger partial charge < -0.3 is 5.32 Å². The lowest BCUT2D eigenvalue weighted by Crippen LogP contribution is -2.22. The van der Waals surface area contributed by atoms with E-state index in [0.29, 0.717) is 6.04 Å². The molecule has 0 saturated heterocycles. The molecule has 0 aliphatic rings. The van der Waals surface area contributed by atoms with Gasteiger partial charge in [-0.15, -0.1) is 22.7 Å². The summed E-state index contributed by atoms with van der Waals surface area (Å²) in [5.41, 5.74) is 4.11. The van der Waals surface area contributed by atoms with Crippen molar-refractivity contribution < 1.29 is 0 Å². The van der Waals surface area contributed by atoms with Gasteiger partial charge >= 0.3 is 0 Å². The molecular weight excluding hydrogens is 294 g/mol. The molecule has 110 valence electrons. The molecule has 0 amide bonds. The Bertz CT molecular complexity index is 710. The zero-order chi connectivity index (χ0) is 14.8. The molecule has 1 atom stereocenters. The molecule has 3 rings (SSSR count). The number of hydrogen-bond acceptors (Lipinski definition) is 3. The molecule has 0 spiro atoms. The van der Waals surface area contributed by atoms with E-state index in [1.807, 2.05) is 22.7 Å². The molecule has 1 N–H and O–H groups in total. The fourth-order valence-electron chi connectivity index (χ4n) is 2.54. The summed E-state index contributed by atoms with van der Waals surface area (Å²) in [7, 11) is 0. The van der Waals surface area contributed by atoms with Crippen molar-refractivity contribution in [3.8, 4) is 0 Å². The van der Waals surface area contributed by atoms with Crippen LogP contribution in [0.1, 0.15) is 41.0 Å². The minimum atomic E-state index is 0.314. The maximum absolute atomic E-state index is 3.71. The normalized spacial score (nSPS) is 12.9. The summed E-state index contributed by atoms with van der Waals surface area (Å²) in [4.78, 5) is 1.42. The second-order valence-electron chi connectivity index (χ2n) is 5.53. The minimum Gasteiger partial charge on any atom is -0.306 e. The second kappa shape index (κ2) is 6.30. The number of hydrogen-bond donors (Lipinski definition) is 1.